The molecule has 3 aliphatic rings. The molecule has 0 radical (unpaired) electrons. The fraction of sp³-hybridized carbons (Fsp3) is 0.562. The van der Waals surface area contributed by atoms with E-state index in [-0.39, 0.29) is 28.8 Å². The van der Waals surface area contributed by atoms with Gasteiger partial charge in [-0.3, -0.25) is 4.79 Å². The Balaban J connectivity index is 1.61. The van der Waals surface area contributed by atoms with Crippen molar-refractivity contribution >= 4 is 23.6 Å². The summed E-state index contributed by atoms with van der Waals surface area (Å²) in [6.07, 6.45) is 3.20. The van der Waals surface area contributed by atoms with Crippen LogP contribution < -0.4 is 9.79 Å². The van der Waals surface area contributed by atoms with Crippen LogP contribution in [0.1, 0.15) is 13.8 Å². The maximum absolute atomic E-state index is 12.3. The minimum absolute atomic E-state index is 0.000908. The molecular weight excluding hydrogens is 330 g/mol. The smallest absolute Gasteiger partial charge is 0.235 e. The first kappa shape index (κ1) is 15.7. The van der Waals surface area contributed by atoms with Gasteiger partial charge in [0.15, 0.2) is 12.7 Å². The van der Waals surface area contributed by atoms with E-state index in [0.717, 1.165) is 13.1 Å². The molecule has 1 N–H and O–H groups in total. The minimum Gasteiger partial charge on any atom is -0.543 e. The molecule has 0 unspecified atom stereocenters. The summed E-state index contributed by atoms with van der Waals surface area (Å²) in [6, 6.07) is 1.70. The number of thioether (sulfide) groups is 1. The summed E-state index contributed by atoms with van der Waals surface area (Å²) in [6.45, 7) is 5.11. The van der Waals surface area contributed by atoms with Gasteiger partial charge in [0, 0.05) is 16.9 Å². The lowest BCUT2D eigenvalue weighted by Gasteiger charge is -2.47. The number of carbonyl (C=O) groups is 2. The van der Waals surface area contributed by atoms with E-state index < -0.39 is 18.0 Å². The predicted octanol–water partition coefficient (Wildman–Crippen LogP) is -1.29. The van der Waals surface area contributed by atoms with Gasteiger partial charge < -0.3 is 19.9 Å². The summed E-state index contributed by atoms with van der Waals surface area (Å²) < 4.78 is 4.18. The third-order valence-electron chi connectivity index (χ3n) is 5.22. The lowest BCUT2D eigenvalue weighted by molar-refractivity contribution is -0.757. The number of hydrogen-bond acceptors (Lipinski definition) is 5. The van der Waals surface area contributed by atoms with E-state index in [9.17, 15) is 19.8 Å². The molecule has 1 fully saturated rings. The number of aliphatic hydroxyl groups is 1. The monoisotopic (exact) mass is 349 g/mol. The van der Waals surface area contributed by atoms with Gasteiger partial charge in [-0.15, -0.1) is 16.4 Å². The van der Waals surface area contributed by atoms with Crippen LogP contribution >= 0.6 is 11.8 Å². The zero-order chi connectivity index (χ0) is 17.2. The highest BCUT2D eigenvalue weighted by Gasteiger charge is 2.59. The molecule has 0 spiro atoms. The minimum atomic E-state index is -1.31. The molecule has 0 bridgehead atoms. The number of carboxylic acid groups (broad SMARTS) is 1. The van der Waals surface area contributed by atoms with Gasteiger partial charge in [0.25, 0.3) is 0 Å². The molecule has 1 aromatic rings. The number of rotatable bonds is 4. The summed E-state index contributed by atoms with van der Waals surface area (Å²) in [4.78, 5) is 26.0. The van der Waals surface area contributed by atoms with Gasteiger partial charge in [0.1, 0.15) is 0 Å². The lowest BCUT2D eigenvalue weighted by Crippen LogP contribution is -2.64. The summed E-state index contributed by atoms with van der Waals surface area (Å²) in [5.41, 5.74) is 0.000908. The van der Waals surface area contributed by atoms with Crippen molar-refractivity contribution in [1.29, 1.82) is 0 Å². The number of aliphatic hydroxyl groups excluding tert-OH is 1. The molecule has 0 saturated carbocycles. The molecule has 4 rings (SSSR count). The van der Waals surface area contributed by atoms with E-state index in [4.69, 9.17) is 0 Å². The van der Waals surface area contributed by atoms with Gasteiger partial charge in [0.05, 0.1) is 47.7 Å². The van der Waals surface area contributed by atoms with E-state index >= 15 is 0 Å². The number of carboxylic acids is 1. The molecule has 4 atom stereocenters. The van der Waals surface area contributed by atoms with E-state index in [1.807, 2.05) is 25.4 Å². The van der Waals surface area contributed by atoms with Gasteiger partial charge in [-0.2, -0.15) is 4.68 Å². The maximum Gasteiger partial charge on any atom is 0.235 e. The third kappa shape index (κ3) is 2.05. The normalized spacial score (nSPS) is 32.6. The first-order chi connectivity index (χ1) is 11.4. The molecule has 1 amide bonds. The molecule has 3 aliphatic heterocycles. The third-order valence-corrected chi connectivity index (χ3v) is 6.67. The number of aliphatic carboxylic acids is 1. The molecule has 0 aromatic carbocycles. The van der Waals surface area contributed by atoms with Crippen LogP contribution in [0.2, 0.25) is 0 Å². The van der Waals surface area contributed by atoms with Crippen LogP contribution in [-0.4, -0.2) is 44.0 Å². The van der Waals surface area contributed by atoms with Gasteiger partial charge in [0.2, 0.25) is 5.91 Å². The van der Waals surface area contributed by atoms with Crippen molar-refractivity contribution in [2.75, 3.05) is 0 Å². The standard InChI is InChI=1S/C16H19N3O4S/c1-8-12-11(9(2)20)15(21)19(12)13(16(22)23)14(8)24-10-6-17-4-3-5-18(17)7-10/h3-5,8-12,20H,6-7H2,1-2H3/t8-,9-,11-,12-/m1/s1. The molecule has 8 heteroatoms. The van der Waals surface area contributed by atoms with Gasteiger partial charge >= 0.3 is 0 Å². The zero-order valence-electron chi connectivity index (χ0n) is 13.5. The Morgan fingerprint density at radius 1 is 1.54 bits per heavy atom. The van der Waals surface area contributed by atoms with E-state index in [1.54, 1.807) is 6.92 Å². The summed E-state index contributed by atoms with van der Waals surface area (Å²) >= 11 is 1.53. The van der Waals surface area contributed by atoms with Crippen LogP contribution in [0.25, 0.3) is 0 Å². The van der Waals surface area contributed by atoms with Crippen molar-refractivity contribution in [3.8, 4) is 0 Å². The zero-order valence-corrected chi connectivity index (χ0v) is 14.3. The number of aromatic nitrogens is 2. The average Bonchev–Trinajstić information content (AvgIpc) is 3.12. The van der Waals surface area contributed by atoms with Crippen LogP contribution in [0.5, 0.6) is 0 Å². The van der Waals surface area contributed by atoms with E-state index in [0.29, 0.717) is 4.91 Å². The first-order valence-electron chi connectivity index (χ1n) is 8.08. The van der Waals surface area contributed by atoms with E-state index in [1.165, 1.54) is 16.7 Å². The van der Waals surface area contributed by atoms with Crippen molar-refractivity contribution in [1.82, 2.24) is 9.58 Å². The van der Waals surface area contributed by atoms with Crippen molar-refractivity contribution in [2.45, 2.75) is 44.3 Å². The lowest BCUT2D eigenvalue weighted by atomic mass is 9.79. The van der Waals surface area contributed by atoms with Crippen molar-refractivity contribution in [2.24, 2.45) is 11.8 Å². The Hall–Kier alpha value is -1.80. The average molecular weight is 349 g/mol. The highest BCUT2D eigenvalue weighted by molar-refractivity contribution is 8.03. The van der Waals surface area contributed by atoms with Gasteiger partial charge in [-0.05, 0) is 6.92 Å². The highest BCUT2D eigenvalue weighted by Crippen LogP contribution is 2.51. The van der Waals surface area contributed by atoms with Crippen LogP contribution in [-0.2, 0) is 22.7 Å². The van der Waals surface area contributed by atoms with Crippen molar-refractivity contribution < 1.29 is 24.5 Å². The fourth-order valence-electron chi connectivity index (χ4n) is 4.14. The molecular formula is C16H19N3O4S. The molecule has 1 aromatic heterocycles. The Morgan fingerprint density at radius 2 is 2.29 bits per heavy atom. The maximum atomic E-state index is 12.3. The second-order valence-electron chi connectivity index (χ2n) is 6.73. The summed E-state index contributed by atoms with van der Waals surface area (Å²) in [5.74, 6) is -2.26. The first-order valence-corrected chi connectivity index (χ1v) is 8.96. The number of fused-ring (bicyclic) bond motifs is 2. The van der Waals surface area contributed by atoms with Gasteiger partial charge in [-0.25, -0.2) is 0 Å². The summed E-state index contributed by atoms with van der Waals surface area (Å²) in [5, 5.41) is 21.7. The SMILES string of the molecule is C[C@@H](O)[C@H]1C(=O)N2C(C(=O)[O-])=C(SC3Cn4ccc[n+]4C3)[C@H](C)[C@H]12. The highest BCUT2D eigenvalue weighted by atomic mass is 32.2. The molecule has 1 saturated heterocycles. The van der Waals surface area contributed by atoms with Crippen LogP contribution in [0.4, 0.5) is 0 Å². The molecule has 0 aliphatic carbocycles. The Labute approximate surface area is 143 Å². The van der Waals surface area contributed by atoms with Gasteiger partial charge in [-0.1, -0.05) is 6.92 Å². The fourth-order valence-corrected chi connectivity index (χ4v) is 5.60. The predicted molar refractivity (Wildman–Crippen MR) is 83.0 cm³/mol. The summed E-state index contributed by atoms with van der Waals surface area (Å²) in [7, 11) is 0. The van der Waals surface area contributed by atoms with Crippen molar-refractivity contribution in [3.05, 3.63) is 29.1 Å². The Bertz CT molecular complexity index is 736. The topological polar surface area (TPSA) is 89.5 Å². The number of amides is 1. The number of β-lactam (4-membered cyclic amide) rings is 1. The molecule has 4 heterocycles. The van der Waals surface area contributed by atoms with E-state index in [2.05, 4.69) is 9.36 Å². The molecule has 24 heavy (non-hydrogen) atoms. The number of carbonyl (C=O) groups excluding carboxylic acids is 2. The molecule has 7 nitrogen and oxygen atoms in total. The Kier molecular flexibility index (Phi) is 3.50. The molecule has 128 valence electrons. The van der Waals surface area contributed by atoms with Crippen LogP contribution in [0, 0.1) is 11.8 Å². The van der Waals surface area contributed by atoms with Crippen LogP contribution in [0.3, 0.4) is 0 Å². The largest absolute Gasteiger partial charge is 0.543 e. The van der Waals surface area contributed by atoms with Crippen molar-refractivity contribution in [3.63, 3.8) is 0 Å². The second kappa shape index (κ2) is 5.35. The second-order valence-corrected chi connectivity index (χ2v) is 8.07. The number of hydrogen-bond donors (Lipinski definition) is 1. The van der Waals surface area contributed by atoms with Crippen LogP contribution in [0.15, 0.2) is 29.1 Å². The number of nitrogens with zero attached hydrogens (tertiary/aromatic N) is 3. The Morgan fingerprint density at radius 3 is 2.92 bits per heavy atom. The quantitative estimate of drug-likeness (QED) is 0.540.